The molecular weight excluding hydrogens is 367 g/mol. The van der Waals surface area contributed by atoms with E-state index in [1.54, 1.807) is 20.8 Å². The van der Waals surface area contributed by atoms with Gasteiger partial charge in [-0.15, -0.1) is 0 Å². The monoisotopic (exact) mass is 388 g/mol. The van der Waals surface area contributed by atoms with E-state index >= 15 is 0 Å². The number of benzene rings is 1. The number of hydrogen-bond donors (Lipinski definition) is 2. The molecule has 0 spiro atoms. The van der Waals surface area contributed by atoms with E-state index in [0.717, 1.165) is 12.1 Å². The number of esters is 1. The predicted octanol–water partition coefficient (Wildman–Crippen LogP) is 3.26. The van der Waals surface area contributed by atoms with Crippen LogP contribution < -0.4 is 10.6 Å². The zero-order chi connectivity index (χ0) is 19.9. The van der Waals surface area contributed by atoms with E-state index in [4.69, 9.17) is 21.1 Å². The second-order valence-electron chi connectivity index (χ2n) is 6.42. The van der Waals surface area contributed by atoms with Gasteiger partial charge in [0.15, 0.2) is 6.10 Å². The Kier molecular flexibility index (Phi) is 7.82. The minimum atomic E-state index is -1.09. The minimum absolute atomic E-state index is 0.00583. The van der Waals surface area contributed by atoms with Crippen LogP contribution >= 0.6 is 11.6 Å². The van der Waals surface area contributed by atoms with Gasteiger partial charge < -0.3 is 20.1 Å². The normalized spacial score (nSPS) is 12.1. The molecule has 0 aliphatic heterocycles. The van der Waals surface area contributed by atoms with Crippen LogP contribution in [0.4, 0.5) is 14.9 Å². The molecule has 0 aliphatic rings. The van der Waals surface area contributed by atoms with Crippen LogP contribution in [0.1, 0.15) is 34.1 Å². The van der Waals surface area contributed by atoms with Gasteiger partial charge in [0.1, 0.15) is 11.4 Å². The lowest BCUT2D eigenvalue weighted by atomic mass is 10.2. The number of ether oxygens (including phenoxy) is 2. The topological polar surface area (TPSA) is 93.7 Å². The fourth-order valence-corrected chi connectivity index (χ4v) is 1.93. The predicted molar refractivity (Wildman–Crippen MR) is 94.4 cm³/mol. The van der Waals surface area contributed by atoms with Gasteiger partial charge in [-0.25, -0.2) is 9.18 Å². The molecule has 1 aromatic rings. The van der Waals surface area contributed by atoms with Crippen molar-refractivity contribution >= 4 is 35.3 Å². The van der Waals surface area contributed by atoms with E-state index < -0.39 is 35.5 Å². The number of amides is 2. The van der Waals surface area contributed by atoms with Crippen molar-refractivity contribution in [2.24, 2.45) is 0 Å². The maximum Gasteiger partial charge on any atom is 0.407 e. The number of rotatable bonds is 6. The molecule has 0 unspecified atom stereocenters. The first-order chi connectivity index (χ1) is 12.0. The Labute approximate surface area is 156 Å². The van der Waals surface area contributed by atoms with Crippen LogP contribution in [0, 0.1) is 5.82 Å². The first-order valence-electron chi connectivity index (χ1n) is 7.90. The van der Waals surface area contributed by atoms with Crippen molar-refractivity contribution in [1.29, 1.82) is 0 Å². The molecule has 2 amide bonds. The first-order valence-corrected chi connectivity index (χ1v) is 8.28. The molecule has 7 nitrogen and oxygen atoms in total. The zero-order valence-electron chi connectivity index (χ0n) is 15.0. The van der Waals surface area contributed by atoms with Crippen LogP contribution in [-0.4, -0.2) is 36.2 Å². The lowest BCUT2D eigenvalue weighted by molar-refractivity contribution is -0.153. The highest BCUT2D eigenvalue weighted by atomic mass is 35.5. The molecule has 0 aromatic heterocycles. The highest BCUT2D eigenvalue weighted by Crippen LogP contribution is 2.22. The SMILES string of the molecule is C[C@@H](OC(=O)CCNC(=O)OC(C)(C)C)C(=O)Nc1ccc(F)cc1Cl. The highest BCUT2D eigenvalue weighted by Gasteiger charge is 2.20. The van der Waals surface area contributed by atoms with E-state index in [1.165, 1.54) is 13.0 Å². The third kappa shape index (κ3) is 8.15. The Balaban J connectivity index is 2.39. The van der Waals surface area contributed by atoms with Crippen LogP contribution in [0.15, 0.2) is 18.2 Å². The van der Waals surface area contributed by atoms with E-state index in [9.17, 15) is 18.8 Å². The molecule has 1 atom stereocenters. The quantitative estimate of drug-likeness (QED) is 0.729. The van der Waals surface area contributed by atoms with Gasteiger partial charge in [-0.05, 0) is 45.9 Å². The molecule has 0 heterocycles. The van der Waals surface area contributed by atoms with Crippen molar-refractivity contribution in [3.63, 3.8) is 0 Å². The molecule has 0 saturated carbocycles. The second kappa shape index (κ2) is 9.38. The van der Waals surface area contributed by atoms with Crippen molar-refractivity contribution < 1.29 is 28.2 Å². The summed E-state index contributed by atoms with van der Waals surface area (Å²) in [6.45, 7) is 6.54. The lowest BCUT2D eigenvalue weighted by Gasteiger charge is -2.19. The van der Waals surface area contributed by atoms with Crippen LogP contribution in [0.5, 0.6) is 0 Å². The average Bonchev–Trinajstić information content (AvgIpc) is 2.48. The summed E-state index contributed by atoms with van der Waals surface area (Å²) in [6.07, 6.45) is -1.87. The molecule has 2 N–H and O–H groups in total. The number of alkyl carbamates (subject to hydrolysis) is 1. The molecule has 144 valence electrons. The Morgan fingerprint density at radius 1 is 1.27 bits per heavy atom. The standard InChI is InChI=1S/C17H22ClFN2O5/c1-10(15(23)21-13-6-5-11(19)9-12(13)18)25-14(22)7-8-20-16(24)26-17(2,3)4/h5-6,9-10H,7-8H2,1-4H3,(H,20,24)(H,21,23)/t10-/m1/s1. The summed E-state index contributed by atoms with van der Waals surface area (Å²) in [5, 5.41) is 4.87. The third-order valence-corrected chi connectivity index (χ3v) is 3.18. The van der Waals surface area contributed by atoms with Crippen molar-refractivity contribution in [1.82, 2.24) is 5.32 Å². The van der Waals surface area contributed by atoms with Gasteiger partial charge in [-0.1, -0.05) is 11.6 Å². The lowest BCUT2D eigenvalue weighted by Crippen LogP contribution is -2.35. The molecule has 0 fully saturated rings. The van der Waals surface area contributed by atoms with E-state index in [2.05, 4.69) is 10.6 Å². The summed E-state index contributed by atoms with van der Waals surface area (Å²) in [6, 6.07) is 3.49. The van der Waals surface area contributed by atoms with Crippen molar-refractivity contribution in [3.8, 4) is 0 Å². The largest absolute Gasteiger partial charge is 0.452 e. The van der Waals surface area contributed by atoms with E-state index in [-0.39, 0.29) is 23.7 Å². The van der Waals surface area contributed by atoms with Crippen molar-refractivity contribution in [2.75, 3.05) is 11.9 Å². The number of nitrogens with one attached hydrogen (secondary N) is 2. The maximum atomic E-state index is 13.0. The molecule has 1 rings (SSSR count). The van der Waals surface area contributed by atoms with Gasteiger partial charge in [0, 0.05) is 6.54 Å². The molecule has 26 heavy (non-hydrogen) atoms. The number of anilines is 1. The molecule has 0 radical (unpaired) electrons. The Morgan fingerprint density at radius 2 is 1.92 bits per heavy atom. The smallest absolute Gasteiger partial charge is 0.407 e. The summed E-state index contributed by atoms with van der Waals surface area (Å²) in [5.74, 6) is -1.83. The van der Waals surface area contributed by atoms with Crippen LogP contribution in [0.2, 0.25) is 5.02 Å². The minimum Gasteiger partial charge on any atom is -0.452 e. The average molecular weight is 389 g/mol. The number of carbonyl (C=O) groups excluding carboxylic acids is 3. The fraction of sp³-hybridized carbons (Fsp3) is 0.471. The van der Waals surface area contributed by atoms with E-state index in [1.807, 2.05) is 0 Å². The summed E-state index contributed by atoms with van der Waals surface area (Å²) in [5.41, 5.74) is -0.439. The number of halogens is 2. The number of carbonyl (C=O) groups is 3. The Bertz CT molecular complexity index is 676. The highest BCUT2D eigenvalue weighted by molar-refractivity contribution is 6.33. The molecule has 9 heteroatoms. The summed E-state index contributed by atoms with van der Waals surface area (Å²) in [7, 11) is 0. The Hall–Kier alpha value is -2.35. The first kappa shape index (κ1) is 21.7. The summed E-state index contributed by atoms with van der Waals surface area (Å²) < 4.78 is 23.0. The molecular formula is C17H22ClFN2O5. The van der Waals surface area contributed by atoms with Crippen molar-refractivity contribution in [2.45, 2.75) is 45.8 Å². The summed E-state index contributed by atoms with van der Waals surface area (Å²) >= 11 is 5.81. The van der Waals surface area contributed by atoms with Gasteiger partial charge in [0.25, 0.3) is 5.91 Å². The van der Waals surface area contributed by atoms with Gasteiger partial charge >= 0.3 is 12.1 Å². The fourth-order valence-electron chi connectivity index (χ4n) is 1.72. The molecule has 1 aromatic carbocycles. The second-order valence-corrected chi connectivity index (χ2v) is 6.83. The van der Waals surface area contributed by atoms with Gasteiger partial charge in [-0.2, -0.15) is 0 Å². The maximum absolute atomic E-state index is 13.0. The van der Waals surface area contributed by atoms with Gasteiger partial charge in [0.2, 0.25) is 0 Å². The van der Waals surface area contributed by atoms with Gasteiger partial charge in [-0.3, -0.25) is 9.59 Å². The third-order valence-electron chi connectivity index (χ3n) is 2.86. The summed E-state index contributed by atoms with van der Waals surface area (Å²) in [4.78, 5) is 35.2. The Morgan fingerprint density at radius 3 is 2.50 bits per heavy atom. The molecule has 0 bridgehead atoms. The zero-order valence-corrected chi connectivity index (χ0v) is 15.8. The van der Waals surface area contributed by atoms with Gasteiger partial charge in [0.05, 0.1) is 17.1 Å². The van der Waals surface area contributed by atoms with Crippen LogP contribution in [0.25, 0.3) is 0 Å². The van der Waals surface area contributed by atoms with E-state index in [0.29, 0.717) is 0 Å². The van der Waals surface area contributed by atoms with Crippen molar-refractivity contribution in [3.05, 3.63) is 29.0 Å². The van der Waals surface area contributed by atoms with Crippen LogP contribution in [0.3, 0.4) is 0 Å². The molecule has 0 saturated heterocycles. The number of hydrogen-bond acceptors (Lipinski definition) is 5. The van der Waals surface area contributed by atoms with Crippen LogP contribution in [-0.2, 0) is 19.1 Å². The molecule has 0 aliphatic carbocycles.